The van der Waals surface area contributed by atoms with E-state index in [-0.39, 0.29) is 82.7 Å². The van der Waals surface area contributed by atoms with Gasteiger partial charge in [-0.1, -0.05) is 58.0 Å². The lowest BCUT2D eigenvalue weighted by Crippen LogP contribution is -2.47. The highest BCUT2D eigenvalue weighted by molar-refractivity contribution is 5.71. The lowest BCUT2D eigenvalue weighted by molar-refractivity contribution is -0.162. The SMILES string of the molecule is CC(=O)Oc1ccc2c(c1)CC[C@@H]1[C@@H]2CC[C@]2(C)[C@@H](OC(C)=O)C=C[C@@H]12.CC(=O)Oc1ccc2c(c1)CC[C@H]1[C@@H]3[C@@H](O)[C@@H](O)[C@H](OC(C)=O)[C@@]3(C)CC[C@H]21.CC(=O)Oc1ccc2c(c1)CC[C@H]1[C@@H]3[C@H](O)[C@H](O)[C@H](OC(C)=O)[C@@]3(C)CC[C@H]21.C[C@]12CC[C@@H]3c4ccc(O)cc4CC[C@H]3[C@@H]1[C@@H](O)[C@@H](O)[C@@H]2O. The zero-order chi connectivity index (χ0) is 74.5. The fraction of sp³-hybridized carbons (Fsp3) is 0.619. The molecule has 16 rings (SSSR count). The molecule has 20 nitrogen and oxygen atoms in total. The van der Waals surface area contributed by atoms with E-state index in [0.29, 0.717) is 46.7 Å². The zero-order valence-corrected chi connectivity index (χ0v) is 61.6. The second kappa shape index (κ2) is 28.9. The number of carbonyl (C=O) groups excluding carboxylic acids is 6. The van der Waals surface area contributed by atoms with Gasteiger partial charge < -0.3 is 69.3 Å². The first kappa shape index (κ1) is 75.2. The summed E-state index contributed by atoms with van der Waals surface area (Å²) in [7, 11) is 0. The predicted octanol–water partition coefficient (Wildman–Crippen LogP) is 10.4. The summed E-state index contributed by atoms with van der Waals surface area (Å²) in [5, 5.41) is 83.8. The van der Waals surface area contributed by atoms with E-state index in [4.69, 9.17) is 28.4 Å². The van der Waals surface area contributed by atoms with E-state index in [1.54, 1.807) is 6.07 Å². The normalized spacial score (nSPS) is 39.4. The molecule has 8 N–H and O–H groups in total. The summed E-state index contributed by atoms with van der Waals surface area (Å²) < 4.78 is 32.3. The van der Waals surface area contributed by atoms with E-state index in [0.717, 1.165) is 103 Å². The Balaban J connectivity index is 0.000000124. The third-order valence-electron chi connectivity index (χ3n) is 27.9. The standard InChI is InChI=1S/2C22H28O6.C22H26O4.C18H24O4/c2*1-11(23)27-14-5-7-15-13(10-14)4-6-17-16(15)8-9-22(3)18(17)19(25)20(26)21(22)28-12(2)24;1-13(23)25-16-5-7-17-15(12-16)4-6-19-18(17)10-11-22(3)20(19)8-9-21(22)26-14(2)24;1-18-7-6-12-11-5-3-10(19)8-9(11)2-4-13(12)14(18)15(20)16(21)17(18)22/h2*5,7,10,16-21,25-26H,4,6,8-9H2,1-3H3;5,7-9,12,18-21H,4,6,10-11H2,1-3H3;3,5,8,12-17,19-22H,2,4,6-7H2,1H3/t16-,17-,18-,19+,20+,21+,22+;16-,17-,18-,19-,20-,21+,22+;18-,19-,20+,21+,22+;12-,13-,14-,15-,16-,17+,18+/m1111/s1. The molecule has 0 aliphatic heterocycles. The molecule has 0 aromatic heterocycles. The monoisotopic (exact) mass is 1430 g/mol. The Kier molecular flexibility index (Phi) is 20.9. The minimum atomic E-state index is -1.05. The Morgan fingerprint density at radius 2 is 0.683 bits per heavy atom. The number of aliphatic hydroxyl groups is 7. The number of rotatable bonds is 6. The molecule has 0 saturated heterocycles. The number of hydrogen-bond acceptors (Lipinski definition) is 20. The van der Waals surface area contributed by atoms with Crippen molar-refractivity contribution in [3.8, 4) is 23.0 Å². The quantitative estimate of drug-likeness (QED) is 0.0385. The molecule has 0 bridgehead atoms. The molecule has 20 heteroatoms. The lowest BCUT2D eigenvalue weighted by Gasteiger charge is -2.50. The van der Waals surface area contributed by atoms with Gasteiger partial charge in [0.05, 0.1) is 24.4 Å². The van der Waals surface area contributed by atoms with Gasteiger partial charge in [0.1, 0.15) is 59.6 Å². The van der Waals surface area contributed by atoms with E-state index in [1.807, 2.05) is 81.4 Å². The molecule has 0 radical (unpaired) electrons. The van der Waals surface area contributed by atoms with Crippen molar-refractivity contribution < 1.29 is 98.0 Å². The summed E-state index contributed by atoms with van der Waals surface area (Å²) in [5.41, 5.74) is 8.83. The van der Waals surface area contributed by atoms with Crippen LogP contribution in [0.15, 0.2) is 84.9 Å². The van der Waals surface area contributed by atoms with Gasteiger partial charge in [-0.15, -0.1) is 0 Å². The largest absolute Gasteiger partial charge is 0.508 e. The van der Waals surface area contributed by atoms with E-state index in [2.05, 4.69) is 25.1 Å². The number of fused-ring (bicyclic) bond motifs is 20. The summed E-state index contributed by atoms with van der Waals surface area (Å²) in [4.78, 5) is 68.3. The maximum absolute atomic E-state index is 11.6. The number of benzene rings is 4. The Hall–Kier alpha value is -7.04. The van der Waals surface area contributed by atoms with E-state index in [9.17, 15) is 69.6 Å². The molecule has 4 aromatic carbocycles. The Bertz CT molecular complexity index is 3860. The minimum absolute atomic E-state index is 0.0159. The van der Waals surface area contributed by atoms with Crippen molar-refractivity contribution in [1.29, 1.82) is 0 Å². The van der Waals surface area contributed by atoms with Crippen LogP contribution in [0.25, 0.3) is 0 Å². The van der Waals surface area contributed by atoms with E-state index >= 15 is 0 Å². The maximum Gasteiger partial charge on any atom is 0.308 e. The first-order valence-corrected chi connectivity index (χ1v) is 38.0. The maximum atomic E-state index is 11.6. The van der Waals surface area contributed by atoms with Crippen LogP contribution in [-0.2, 0) is 68.7 Å². The number of allylic oxidation sites excluding steroid dienone is 1. The highest BCUT2D eigenvalue weighted by Crippen LogP contribution is 2.66. The molecule has 0 spiro atoms. The molecule has 12 aliphatic carbocycles. The van der Waals surface area contributed by atoms with Crippen molar-refractivity contribution in [2.75, 3.05) is 0 Å². The zero-order valence-electron chi connectivity index (χ0n) is 61.6. The molecule has 7 saturated carbocycles. The number of hydrogen-bond donors (Lipinski definition) is 8. The van der Waals surface area contributed by atoms with Crippen molar-refractivity contribution in [2.24, 2.45) is 69.0 Å². The number of phenols is 1. The van der Waals surface area contributed by atoms with Crippen molar-refractivity contribution in [3.63, 3.8) is 0 Å². The van der Waals surface area contributed by atoms with Gasteiger partial charge in [0.15, 0.2) is 0 Å². The predicted molar refractivity (Wildman–Crippen MR) is 381 cm³/mol. The van der Waals surface area contributed by atoms with Crippen molar-refractivity contribution in [2.45, 2.75) is 257 Å². The van der Waals surface area contributed by atoms with Gasteiger partial charge in [0.2, 0.25) is 0 Å². The molecule has 0 heterocycles. The molecular formula is C84H106O20. The average molecular weight is 1440 g/mol. The van der Waals surface area contributed by atoms with Crippen molar-refractivity contribution >= 4 is 35.8 Å². The topological polar surface area (TPSA) is 320 Å². The van der Waals surface area contributed by atoms with Gasteiger partial charge in [0, 0.05) is 63.2 Å². The van der Waals surface area contributed by atoms with Crippen LogP contribution in [0.3, 0.4) is 0 Å². The van der Waals surface area contributed by atoms with Gasteiger partial charge in [-0.25, -0.2) is 0 Å². The summed E-state index contributed by atoms with van der Waals surface area (Å²) >= 11 is 0. The molecular weight excluding hydrogens is 1330 g/mol. The van der Waals surface area contributed by atoms with Gasteiger partial charge in [-0.3, -0.25) is 28.8 Å². The van der Waals surface area contributed by atoms with Crippen LogP contribution in [0, 0.1) is 69.0 Å². The number of aromatic hydroxyl groups is 1. The first-order chi connectivity index (χ1) is 49.3. The fourth-order valence-corrected chi connectivity index (χ4v) is 23.6. The van der Waals surface area contributed by atoms with Crippen LogP contribution < -0.4 is 14.2 Å². The van der Waals surface area contributed by atoms with Crippen molar-refractivity contribution in [1.82, 2.24) is 0 Å². The smallest absolute Gasteiger partial charge is 0.308 e. The molecule has 562 valence electrons. The minimum Gasteiger partial charge on any atom is -0.508 e. The molecule has 26 atom stereocenters. The third-order valence-corrected chi connectivity index (χ3v) is 27.9. The number of esters is 6. The lowest BCUT2D eigenvalue weighted by atomic mass is 9.55. The molecule has 0 amide bonds. The van der Waals surface area contributed by atoms with Gasteiger partial charge in [-0.05, 0) is 273 Å². The Morgan fingerprint density at radius 3 is 1.07 bits per heavy atom. The number of phenolic OH excluding ortho intramolecular Hbond substituents is 1. The van der Waals surface area contributed by atoms with Crippen molar-refractivity contribution in [3.05, 3.63) is 129 Å². The molecule has 4 aromatic rings. The molecule has 12 aliphatic rings. The summed E-state index contributed by atoms with van der Waals surface area (Å²) in [6.07, 6.45) is 11.1. The molecule has 0 unspecified atom stereocenters. The van der Waals surface area contributed by atoms with Gasteiger partial charge in [-0.2, -0.15) is 0 Å². The highest BCUT2D eigenvalue weighted by atomic mass is 16.6. The van der Waals surface area contributed by atoms with Crippen LogP contribution >= 0.6 is 0 Å². The van der Waals surface area contributed by atoms with Crippen LogP contribution in [0.1, 0.15) is 214 Å². The molecule has 104 heavy (non-hydrogen) atoms. The highest BCUT2D eigenvalue weighted by Gasteiger charge is 2.67. The first-order valence-electron chi connectivity index (χ1n) is 38.0. The average Bonchev–Trinajstić information content (AvgIpc) is 1.54. The summed E-state index contributed by atoms with van der Waals surface area (Å²) in [5.74, 6) is 3.02. The third kappa shape index (κ3) is 13.4. The van der Waals surface area contributed by atoms with Crippen LogP contribution in [-0.4, -0.2) is 138 Å². The number of aliphatic hydroxyl groups excluding tert-OH is 7. The summed E-state index contributed by atoms with van der Waals surface area (Å²) in [6.45, 7) is 16.8. The van der Waals surface area contributed by atoms with Crippen LogP contribution in [0.2, 0.25) is 0 Å². The Labute approximate surface area is 609 Å². The number of ether oxygens (including phenoxy) is 6. The van der Waals surface area contributed by atoms with Gasteiger partial charge in [0.25, 0.3) is 0 Å². The second-order valence-electron chi connectivity index (χ2n) is 33.6. The number of aryl methyl sites for hydroxylation is 4. The summed E-state index contributed by atoms with van der Waals surface area (Å²) in [6, 6.07) is 23.3. The second-order valence-corrected chi connectivity index (χ2v) is 33.6. The fourth-order valence-electron chi connectivity index (χ4n) is 23.6. The molecule has 7 fully saturated rings. The van der Waals surface area contributed by atoms with E-state index in [1.165, 1.54) is 86.1 Å². The Morgan fingerprint density at radius 1 is 0.356 bits per heavy atom. The van der Waals surface area contributed by atoms with Gasteiger partial charge >= 0.3 is 35.8 Å². The number of carbonyl (C=O) groups is 6. The van der Waals surface area contributed by atoms with Crippen LogP contribution in [0.4, 0.5) is 0 Å². The van der Waals surface area contributed by atoms with Crippen LogP contribution in [0.5, 0.6) is 23.0 Å². The van der Waals surface area contributed by atoms with E-state index < -0.39 is 83.1 Å².